The molecule has 1 fully saturated rings. The van der Waals surface area contributed by atoms with E-state index in [0.29, 0.717) is 6.04 Å². The molecule has 1 rings (SSSR count). The zero-order valence-electron chi connectivity index (χ0n) is 7.81. The van der Waals surface area contributed by atoms with Gasteiger partial charge in [0.15, 0.2) is 0 Å². The van der Waals surface area contributed by atoms with E-state index >= 15 is 0 Å². The highest BCUT2D eigenvalue weighted by Gasteiger charge is 2.38. The van der Waals surface area contributed by atoms with Gasteiger partial charge < -0.3 is 4.74 Å². The number of nitrogens with two attached hydrogens (primary N) is 1. The van der Waals surface area contributed by atoms with Crippen molar-refractivity contribution in [2.75, 3.05) is 13.2 Å². The Morgan fingerprint density at radius 2 is 1.73 bits per heavy atom. The molecular weight excluding hydrogens is 220 g/mol. The van der Waals surface area contributed by atoms with Gasteiger partial charge in [-0.3, -0.25) is 16.1 Å². The van der Waals surface area contributed by atoms with E-state index in [4.69, 9.17) is 15.4 Å². The summed E-state index contributed by atoms with van der Waals surface area (Å²) in [7, 11) is 0. The van der Waals surface area contributed by atoms with Crippen molar-refractivity contribution >= 4 is 6.04 Å². The van der Waals surface area contributed by atoms with Crippen LogP contribution in [0.3, 0.4) is 0 Å². The van der Waals surface area contributed by atoms with Gasteiger partial charge in [0.25, 0.3) is 0 Å². The van der Waals surface area contributed by atoms with Gasteiger partial charge in [-0.05, 0) is 12.8 Å². The molecule has 4 nitrogen and oxygen atoms in total. The molecule has 1 heterocycles. The summed E-state index contributed by atoms with van der Waals surface area (Å²) < 4.78 is 46.9. The lowest BCUT2D eigenvalue weighted by Crippen LogP contribution is -2.39. The number of hydrogen-bond donors (Lipinski definition) is 2. The van der Waals surface area contributed by atoms with E-state index in [1.807, 2.05) is 0 Å². The molecular formula is C7H12F4N2O2. The van der Waals surface area contributed by atoms with Gasteiger partial charge in [-0.1, -0.05) is 0 Å². The van der Waals surface area contributed by atoms with Gasteiger partial charge in [0.05, 0.1) is 0 Å². The normalized spacial score (nSPS) is 17.9. The number of rotatable bonds is 1. The predicted octanol–water partition coefficient (Wildman–Crippen LogP) is 0.673. The molecule has 0 unspecified atom stereocenters. The molecule has 0 spiro atoms. The lowest BCUT2D eigenvalue weighted by atomic mass is 10.1. The third kappa shape index (κ3) is 7.23. The van der Waals surface area contributed by atoms with Crippen LogP contribution >= 0.6 is 0 Å². The summed E-state index contributed by atoms with van der Waals surface area (Å²) in [4.78, 5) is 8.67. The van der Waals surface area contributed by atoms with E-state index in [9.17, 15) is 17.6 Å². The minimum atomic E-state index is -5.31. The van der Waals surface area contributed by atoms with Crippen molar-refractivity contribution in [3.8, 4) is 0 Å². The average molecular weight is 232 g/mol. The molecule has 0 atom stereocenters. The first-order chi connectivity index (χ1) is 6.88. The highest BCUT2D eigenvalue weighted by Crippen LogP contribution is 2.15. The number of carbonyl (C=O) groups excluding carboxylic acids is 1. The van der Waals surface area contributed by atoms with Gasteiger partial charge in [0.1, 0.15) is 0 Å². The summed E-state index contributed by atoms with van der Waals surface area (Å²) in [5.74, 6) is 5.20. The Balaban J connectivity index is 0.000000265. The van der Waals surface area contributed by atoms with Gasteiger partial charge >= 0.3 is 12.2 Å². The van der Waals surface area contributed by atoms with Crippen molar-refractivity contribution in [1.82, 2.24) is 5.43 Å². The predicted molar refractivity (Wildman–Crippen MR) is 43.3 cm³/mol. The number of nitrogens with one attached hydrogen (secondary N) is 1. The molecule has 1 aliphatic heterocycles. The Hall–Kier alpha value is -0.730. The van der Waals surface area contributed by atoms with Crippen LogP contribution in [0.15, 0.2) is 0 Å². The van der Waals surface area contributed by atoms with Crippen LogP contribution in [0.25, 0.3) is 0 Å². The van der Waals surface area contributed by atoms with Crippen LogP contribution in [-0.4, -0.2) is 31.5 Å². The second-order valence-corrected chi connectivity index (χ2v) is 2.82. The van der Waals surface area contributed by atoms with Crippen molar-refractivity contribution in [2.24, 2.45) is 5.84 Å². The van der Waals surface area contributed by atoms with Gasteiger partial charge in [0.2, 0.25) is 0 Å². The second-order valence-electron chi connectivity index (χ2n) is 2.82. The molecule has 90 valence electrons. The fourth-order valence-electron chi connectivity index (χ4n) is 0.864. The molecule has 0 radical (unpaired) electrons. The van der Waals surface area contributed by atoms with Crippen LogP contribution in [0.1, 0.15) is 12.8 Å². The smallest absolute Gasteiger partial charge is 0.381 e. The molecule has 1 saturated heterocycles. The Bertz CT molecular complexity index is 192. The van der Waals surface area contributed by atoms with Crippen LogP contribution in [0.4, 0.5) is 17.6 Å². The highest BCUT2D eigenvalue weighted by atomic mass is 19.4. The van der Waals surface area contributed by atoms with Gasteiger partial charge in [-0.2, -0.15) is 17.6 Å². The molecule has 8 heteroatoms. The Kier molecular flexibility index (Phi) is 6.37. The molecule has 0 amide bonds. The van der Waals surface area contributed by atoms with Crippen molar-refractivity contribution in [2.45, 2.75) is 25.1 Å². The SMILES string of the molecule is NNC1CCOCC1.O=C(F)C(F)(F)F. The van der Waals surface area contributed by atoms with Crippen LogP contribution in [-0.2, 0) is 9.53 Å². The van der Waals surface area contributed by atoms with E-state index < -0.39 is 12.2 Å². The fraction of sp³-hybridized carbons (Fsp3) is 0.857. The monoisotopic (exact) mass is 232 g/mol. The second kappa shape index (κ2) is 6.70. The molecule has 0 saturated carbocycles. The van der Waals surface area contributed by atoms with Gasteiger partial charge in [0, 0.05) is 19.3 Å². The van der Waals surface area contributed by atoms with Gasteiger partial charge in [-0.25, -0.2) is 0 Å². The minimum absolute atomic E-state index is 0.490. The molecule has 15 heavy (non-hydrogen) atoms. The maximum atomic E-state index is 10.5. The molecule has 0 aromatic rings. The zero-order valence-corrected chi connectivity index (χ0v) is 7.81. The summed E-state index contributed by atoms with van der Waals surface area (Å²) in [6.45, 7) is 1.71. The lowest BCUT2D eigenvalue weighted by molar-refractivity contribution is -0.183. The van der Waals surface area contributed by atoms with E-state index in [1.165, 1.54) is 0 Å². The standard InChI is InChI=1S/C5H12N2O.C2F4O/c6-7-5-1-3-8-4-2-5;3-1(7)2(4,5)6/h5,7H,1-4,6H2;. The summed E-state index contributed by atoms with van der Waals surface area (Å²) in [5.41, 5.74) is 2.72. The first-order valence-electron chi connectivity index (χ1n) is 4.18. The van der Waals surface area contributed by atoms with Crippen molar-refractivity contribution in [3.63, 3.8) is 0 Å². The van der Waals surface area contributed by atoms with Crippen molar-refractivity contribution < 1.29 is 27.1 Å². The lowest BCUT2D eigenvalue weighted by Gasteiger charge is -2.20. The highest BCUT2D eigenvalue weighted by molar-refractivity contribution is 5.74. The zero-order chi connectivity index (χ0) is 11.9. The molecule has 0 aromatic carbocycles. The van der Waals surface area contributed by atoms with Crippen molar-refractivity contribution in [3.05, 3.63) is 0 Å². The molecule has 0 bridgehead atoms. The summed E-state index contributed by atoms with van der Waals surface area (Å²) in [6, 6.07) is -2.77. The first-order valence-corrected chi connectivity index (χ1v) is 4.18. The summed E-state index contributed by atoms with van der Waals surface area (Å²) in [5, 5.41) is 0. The Morgan fingerprint density at radius 1 is 1.33 bits per heavy atom. The average Bonchev–Trinajstić information content (AvgIpc) is 2.18. The quantitative estimate of drug-likeness (QED) is 0.302. The van der Waals surface area contributed by atoms with E-state index in [1.54, 1.807) is 0 Å². The number of hydrogen-bond acceptors (Lipinski definition) is 4. The van der Waals surface area contributed by atoms with Crippen LogP contribution < -0.4 is 11.3 Å². The number of carbonyl (C=O) groups is 1. The molecule has 3 N–H and O–H groups in total. The maximum Gasteiger partial charge on any atom is 0.483 e. The third-order valence-electron chi connectivity index (χ3n) is 1.68. The summed E-state index contributed by atoms with van der Waals surface area (Å²) in [6.07, 6.45) is -3.20. The Morgan fingerprint density at radius 3 is 1.93 bits per heavy atom. The van der Waals surface area contributed by atoms with Crippen LogP contribution in [0.2, 0.25) is 0 Å². The number of hydrazine groups is 1. The molecule has 0 aliphatic carbocycles. The minimum Gasteiger partial charge on any atom is -0.381 e. The maximum absolute atomic E-state index is 10.5. The number of alkyl halides is 3. The van der Waals surface area contributed by atoms with Crippen LogP contribution in [0.5, 0.6) is 0 Å². The van der Waals surface area contributed by atoms with Crippen LogP contribution in [0, 0.1) is 0 Å². The number of halogens is 4. The fourth-order valence-corrected chi connectivity index (χ4v) is 0.864. The third-order valence-corrected chi connectivity index (χ3v) is 1.68. The Labute approximate surface area is 83.7 Å². The topological polar surface area (TPSA) is 64.3 Å². The van der Waals surface area contributed by atoms with E-state index in [2.05, 4.69) is 5.43 Å². The van der Waals surface area contributed by atoms with Gasteiger partial charge in [-0.15, -0.1) is 0 Å². The van der Waals surface area contributed by atoms with E-state index in [-0.39, 0.29) is 0 Å². The van der Waals surface area contributed by atoms with E-state index in [0.717, 1.165) is 26.1 Å². The largest absolute Gasteiger partial charge is 0.483 e. The molecule has 1 aliphatic rings. The number of ether oxygens (including phenoxy) is 1. The molecule has 0 aromatic heterocycles. The van der Waals surface area contributed by atoms with Crippen molar-refractivity contribution in [1.29, 1.82) is 0 Å². The first kappa shape index (κ1) is 14.3. The summed E-state index contributed by atoms with van der Waals surface area (Å²) >= 11 is 0.